The maximum atomic E-state index is 6.13. The van der Waals surface area contributed by atoms with Crippen molar-refractivity contribution in [2.24, 2.45) is 28.9 Å². The summed E-state index contributed by atoms with van der Waals surface area (Å²) < 4.78 is 0. The molecule has 0 radical (unpaired) electrons. The van der Waals surface area contributed by atoms with Crippen molar-refractivity contribution in [2.75, 3.05) is 26.2 Å². The van der Waals surface area contributed by atoms with Crippen molar-refractivity contribution in [2.45, 2.75) is 52.9 Å². The van der Waals surface area contributed by atoms with E-state index in [0.717, 1.165) is 24.3 Å². The molecule has 0 aromatic rings. The summed E-state index contributed by atoms with van der Waals surface area (Å²) in [6.45, 7) is 11.9. The Labute approximate surface area is 113 Å². The van der Waals surface area contributed by atoms with Crippen LogP contribution < -0.4 is 5.73 Å². The molecular weight excluding hydrogens is 220 g/mol. The summed E-state index contributed by atoms with van der Waals surface area (Å²) >= 11 is 0. The van der Waals surface area contributed by atoms with Gasteiger partial charge in [-0.3, -0.25) is 0 Å². The van der Waals surface area contributed by atoms with E-state index in [2.05, 4.69) is 25.7 Å². The molecule has 2 fully saturated rings. The molecule has 1 atom stereocenters. The van der Waals surface area contributed by atoms with Crippen LogP contribution in [0.15, 0.2) is 0 Å². The van der Waals surface area contributed by atoms with E-state index in [1.807, 2.05) is 0 Å². The third-order valence-electron chi connectivity index (χ3n) is 5.58. The minimum atomic E-state index is 0.443. The molecule has 0 aromatic heterocycles. The van der Waals surface area contributed by atoms with E-state index in [1.165, 1.54) is 51.7 Å². The molecule has 1 saturated heterocycles. The zero-order chi connectivity index (χ0) is 13.2. The topological polar surface area (TPSA) is 29.3 Å². The molecule has 2 nitrogen and oxygen atoms in total. The number of nitrogens with two attached hydrogens (primary N) is 1. The molecule has 1 aliphatic carbocycles. The van der Waals surface area contributed by atoms with Gasteiger partial charge in [0.2, 0.25) is 0 Å². The molecular formula is C16H32N2. The van der Waals surface area contributed by atoms with Crippen LogP contribution in [0.4, 0.5) is 0 Å². The second kappa shape index (κ2) is 5.92. The molecule has 106 valence electrons. The van der Waals surface area contributed by atoms with Crippen LogP contribution in [0, 0.1) is 23.2 Å². The van der Waals surface area contributed by atoms with Gasteiger partial charge >= 0.3 is 0 Å². The summed E-state index contributed by atoms with van der Waals surface area (Å²) in [4.78, 5) is 2.70. The molecule has 1 unspecified atom stereocenters. The summed E-state index contributed by atoms with van der Waals surface area (Å²) in [5, 5.41) is 0. The second-order valence-corrected chi connectivity index (χ2v) is 7.41. The average molecular weight is 252 g/mol. The standard InChI is InChI=1S/C16H32N2/c1-13(2)15-6-9-18(10-15)12-16(11-17)7-4-14(3)5-8-16/h13-15H,4-12,17H2,1-3H3. The number of nitrogens with zero attached hydrogens (tertiary/aromatic N) is 1. The van der Waals surface area contributed by atoms with Gasteiger partial charge in [0.05, 0.1) is 0 Å². The van der Waals surface area contributed by atoms with Gasteiger partial charge in [-0.2, -0.15) is 0 Å². The molecule has 2 N–H and O–H groups in total. The minimum Gasteiger partial charge on any atom is -0.330 e. The Bertz CT molecular complexity index is 254. The van der Waals surface area contributed by atoms with Crippen molar-refractivity contribution >= 4 is 0 Å². The fourth-order valence-corrected chi connectivity index (χ4v) is 3.83. The van der Waals surface area contributed by atoms with Gasteiger partial charge in [0.25, 0.3) is 0 Å². The lowest BCUT2D eigenvalue weighted by Crippen LogP contribution is -2.44. The van der Waals surface area contributed by atoms with Gasteiger partial charge in [0.1, 0.15) is 0 Å². The molecule has 2 rings (SSSR count). The molecule has 0 bridgehead atoms. The third-order valence-corrected chi connectivity index (χ3v) is 5.58. The smallest absolute Gasteiger partial charge is 0.00502 e. The van der Waals surface area contributed by atoms with Gasteiger partial charge in [0, 0.05) is 13.1 Å². The first-order valence-corrected chi connectivity index (χ1v) is 7.97. The number of hydrogen-bond donors (Lipinski definition) is 1. The molecule has 0 aromatic carbocycles. The number of hydrogen-bond acceptors (Lipinski definition) is 2. The van der Waals surface area contributed by atoms with Gasteiger partial charge in [-0.15, -0.1) is 0 Å². The maximum absolute atomic E-state index is 6.13. The Morgan fingerprint density at radius 2 is 1.89 bits per heavy atom. The summed E-state index contributed by atoms with van der Waals surface area (Å²) in [5.74, 6) is 2.68. The zero-order valence-corrected chi connectivity index (χ0v) is 12.6. The van der Waals surface area contributed by atoms with Crippen LogP contribution in [0.1, 0.15) is 52.9 Å². The van der Waals surface area contributed by atoms with E-state index in [0.29, 0.717) is 5.41 Å². The van der Waals surface area contributed by atoms with Gasteiger partial charge < -0.3 is 10.6 Å². The highest BCUT2D eigenvalue weighted by molar-refractivity contribution is 4.90. The van der Waals surface area contributed by atoms with Gasteiger partial charge in [-0.1, -0.05) is 33.6 Å². The van der Waals surface area contributed by atoms with Crippen molar-refractivity contribution < 1.29 is 0 Å². The molecule has 0 amide bonds. The highest BCUT2D eigenvalue weighted by Crippen LogP contribution is 2.39. The largest absolute Gasteiger partial charge is 0.330 e. The Morgan fingerprint density at radius 1 is 1.22 bits per heavy atom. The number of rotatable bonds is 4. The fraction of sp³-hybridized carbons (Fsp3) is 1.00. The highest BCUT2D eigenvalue weighted by atomic mass is 15.2. The van der Waals surface area contributed by atoms with Gasteiger partial charge in [-0.25, -0.2) is 0 Å². The van der Waals surface area contributed by atoms with Crippen LogP contribution in [0.25, 0.3) is 0 Å². The molecule has 2 heteroatoms. The van der Waals surface area contributed by atoms with Crippen molar-refractivity contribution in [3.05, 3.63) is 0 Å². The second-order valence-electron chi connectivity index (χ2n) is 7.41. The predicted octanol–water partition coefficient (Wildman–Crippen LogP) is 3.12. The van der Waals surface area contributed by atoms with Crippen molar-refractivity contribution in [3.63, 3.8) is 0 Å². The fourth-order valence-electron chi connectivity index (χ4n) is 3.83. The lowest BCUT2D eigenvalue weighted by Gasteiger charge is -2.41. The van der Waals surface area contributed by atoms with Crippen LogP contribution in [-0.2, 0) is 0 Å². The van der Waals surface area contributed by atoms with E-state index in [9.17, 15) is 0 Å². The molecule has 2 aliphatic rings. The highest BCUT2D eigenvalue weighted by Gasteiger charge is 2.36. The molecule has 1 aliphatic heterocycles. The van der Waals surface area contributed by atoms with Crippen LogP contribution in [-0.4, -0.2) is 31.1 Å². The quantitative estimate of drug-likeness (QED) is 0.833. The minimum absolute atomic E-state index is 0.443. The normalized spacial score (nSPS) is 38.5. The van der Waals surface area contributed by atoms with Crippen LogP contribution >= 0.6 is 0 Å². The van der Waals surface area contributed by atoms with E-state index in [1.54, 1.807) is 0 Å². The monoisotopic (exact) mass is 252 g/mol. The third kappa shape index (κ3) is 3.27. The first-order chi connectivity index (χ1) is 8.54. The summed E-state index contributed by atoms with van der Waals surface area (Å²) in [6.07, 6.45) is 6.88. The van der Waals surface area contributed by atoms with Gasteiger partial charge in [-0.05, 0) is 55.5 Å². The zero-order valence-electron chi connectivity index (χ0n) is 12.6. The average Bonchev–Trinajstić information content (AvgIpc) is 2.81. The Morgan fingerprint density at radius 3 is 2.39 bits per heavy atom. The summed E-state index contributed by atoms with van der Waals surface area (Å²) in [5.41, 5.74) is 6.57. The van der Waals surface area contributed by atoms with Crippen molar-refractivity contribution in [3.8, 4) is 0 Å². The van der Waals surface area contributed by atoms with E-state index < -0.39 is 0 Å². The molecule has 18 heavy (non-hydrogen) atoms. The summed E-state index contributed by atoms with van der Waals surface area (Å²) in [7, 11) is 0. The summed E-state index contributed by atoms with van der Waals surface area (Å²) in [6, 6.07) is 0. The van der Waals surface area contributed by atoms with Crippen LogP contribution in [0.5, 0.6) is 0 Å². The van der Waals surface area contributed by atoms with Crippen molar-refractivity contribution in [1.82, 2.24) is 4.90 Å². The predicted molar refractivity (Wildman–Crippen MR) is 78.5 cm³/mol. The molecule has 1 heterocycles. The van der Waals surface area contributed by atoms with Gasteiger partial charge in [0.15, 0.2) is 0 Å². The van der Waals surface area contributed by atoms with E-state index in [-0.39, 0.29) is 0 Å². The van der Waals surface area contributed by atoms with Crippen molar-refractivity contribution in [1.29, 1.82) is 0 Å². The van der Waals surface area contributed by atoms with Crippen LogP contribution in [0.3, 0.4) is 0 Å². The lowest BCUT2D eigenvalue weighted by atomic mass is 9.70. The SMILES string of the molecule is CC1CCC(CN)(CN2CCC(C(C)C)C2)CC1. The Balaban J connectivity index is 1.87. The molecule has 0 spiro atoms. The first-order valence-electron chi connectivity index (χ1n) is 7.97. The number of likely N-dealkylation sites (tertiary alicyclic amines) is 1. The lowest BCUT2D eigenvalue weighted by molar-refractivity contribution is 0.104. The Hall–Kier alpha value is -0.0800. The first kappa shape index (κ1) is 14.3. The van der Waals surface area contributed by atoms with E-state index >= 15 is 0 Å². The Kier molecular flexibility index (Phi) is 4.71. The van der Waals surface area contributed by atoms with Crippen LogP contribution in [0.2, 0.25) is 0 Å². The maximum Gasteiger partial charge on any atom is 0.00502 e. The molecule has 1 saturated carbocycles. The van der Waals surface area contributed by atoms with E-state index in [4.69, 9.17) is 5.73 Å².